The molecule has 0 saturated carbocycles. The summed E-state index contributed by atoms with van der Waals surface area (Å²) in [5.74, 6) is 2.22. The van der Waals surface area contributed by atoms with Gasteiger partial charge in [-0.05, 0) is 37.3 Å². The van der Waals surface area contributed by atoms with Crippen LogP contribution in [-0.4, -0.2) is 48.4 Å². The van der Waals surface area contributed by atoms with Crippen LogP contribution in [0.4, 0.5) is 5.82 Å². The van der Waals surface area contributed by atoms with E-state index in [1.54, 1.807) is 13.2 Å². The van der Waals surface area contributed by atoms with E-state index >= 15 is 0 Å². The highest BCUT2D eigenvalue weighted by Gasteiger charge is 2.18. The first-order valence-corrected chi connectivity index (χ1v) is 8.26. The third-order valence-electron chi connectivity index (χ3n) is 4.11. The lowest BCUT2D eigenvalue weighted by molar-refractivity contribution is -0.116. The quantitative estimate of drug-likeness (QED) is 0.425. The van der Waals surface area contributed by atoms with Gasteiger partial charge in [-0.15, -0.1) is 24.0 Å². The van der Waals surface area contributed by atoms with Crippen molar-refractivity contribution in [1.29, 1.82) is 0 Å². The average Bonchev–Trinajstić information content (AvgIpc) is 2.55. The molecule has 2 N–H and O–H groups in total. The van der Waals surface area contributed by atoms with E-state index in [2.05, 4.69) is 32.4 Å². The van der Waals surface area contributed by atoms with Gasteiger partial charge in [0.2, 0.25) is 5.91 Å². The summed E-state index contributed by atoms with van der Waals surface area (Å²) in [6.45, 7) is 6.88. The molecule has 1 aromatic rings. The molecule has 1 aliphatic heterocycles. The van der Waals surface area contributed by atoms with E-state index in [0.29, 0.717) is 18.8 Å². The van der Waals surface area contributed by atoms with Crippen molar-refractivity contribution < 1.29 is 4.79 Å². The Balaban J connectivity index is 0.00000288. The lowest BCUT2D eigenvalue weighted by Gasteiger charge is -2.32. The first kappa shape index (κ1) is 20.7. The van der Waals surface area contributed by atoms with Crippen LogP contribution in [0.5, 0.6) is 0 Å². The van der Waals surface area contributed by atoms with Gasteiger partial charge in [0.25, 0.3) is 0 Å². The number of aromatic nitrogens is 1. The van der Waals surface area contributed by atoms with E-state index in [-0.39, 0.29) is 29.9 Å². The second kappa shape index (κ2) is 10.5. The van der Waals surface area contributed by atoms with Crippen LogP contribution in [0.2, 0.25) is 0 Å². The number of likely N-dealkylation sites (tertiary alicyclic amines) is 1. The molecule has 0 unspecified atom stereocenters. The molecule has 1 aliphatic rings. The lowest BCUT2D eigenvalue weighted by atomic mass is 10.00. The van der Waals surface area contributed by atoms with Crippen LogP contribution in [0.25, 0.3) is 0 Å². The summed E-state index contributed by atoms with van der Waals surface area (Å²) >= 11 is 0. The van der Waals surface area contributed by atoms with Crippen molar-refractivity contribution >= 4 is 41.7 Å². The summed E-state index contributed by atoms with van der Waals surface area (Å²) in [7, 11) is 1.79. The van der Waals surface area contributed by atoms with Crippen LogP contribution in [-0.2, 0) is 4.79 Å². The molecule has 0 aromatic carbocycles. The number of aliphatic imine (C=N–C) groups is 1. The number of amides is 1. The van der Waals surface area contributed by atoms with Gasteiger partial charge in [-0.2, -0.15) is 0 Å². The predicted molar refractivity (Wildman–Crippen MR) is 109 cm³/mol. The third kappa shape index (κ3) is 6.62. The minimum atomic E-state index is -0.0448. The minimum Gasteiger partial charge on any atom is -0.356 e. The number of aryl methyl sites for hydroxylation is 1. The molecule has 7 heteroatoms. The number of carbonyl (C=O) groups is 1. The number of guanidine groups is 1. The molecule has 0 bridgehead atoms. The van der Waals surface area contributed by atoms with Gasteiger partial charge in [-0.1, -0.05) is 13.0 Å². The summed E-state index contributed by atoms with van der Waals surface area (Å²) in [4.78, 5) is 22.7. The number of rotatable bonds is 4. The van der Waals surface area contributed by atoms with Gasteiger partial charge in [0.15, 0.2) is 5.96 Å². The predicted octanol–water partition coefficient (Wildman–Crippen LogP) is 2.64. The van der Waals surface area contributed by atoms with E-state index in [4.69, 9.17) is 0 Å². The maximum Gasteiger partial charge on any atom is 0.227 e. The molecule has 2 rings (SSSR count). The van der Waals surface area contributed by atoms with Crippen LogP contribution in [0.3, 0.4) is 0 Å². The largest absolute Gasteiger partial charge is 0.356 e. The molecule has 0 aliphatic carbocycles. The highest BCUT2D eigenvalue weighted by Crippen LogP contribution is 2.15. The summed E-state index contributed by atoms with van der Waals surface area (Å²) in [6.07, 6.45) is 4.52. The number of piperidine rings is 1. The molecule has 0 radical (unpaired) electrons. The normalized spacial score (nSPS) is 15.6. The fourth-order valence-electron chi connectivity index (χ4n) is 2.59. The number of hydrogen-bond donors (Lipinski definition) is 2. The number of pyridine rings is 1. The Morgan fingerprint density at radius 3 is 2.67 bits per heavy atom. The number of nitrogens with zero attached hydrogens (tertiary/aromatic N) is 3. The SMILES string of the molecule is CN=C(NCCC(=O)Nc1ccc(C)cn1)N1CCC(C)CC1.I. The topological polar surface area (TPSA) is 69.6 Å². The van der Waals surface area contributed by atoms with Gasteiger partial charge in [0.1, 0.15) is 5.82 Å². The van der Waals surface area contributed by atoms with Gasteiger partial charge in [0.05, 0.1) is 0 Å². The van der Waals surface area contributed by atoms with E-state index in [1.165, 1.54) is 12.8 Å². The molecule has 134 valence electrons. The zero-order chi connectivity index (χ0) is 16.7. The molecular formula is C17H28IN5O. The van der Waals surface area contributed by atoms with E-state index in [0.717, 1.165) is 30.5 Å². The Kier molecular flexibility index (Phi) is 9.02. The number of halogens is 1. The Hall–Kier alpha value is -1.38. The van der Waals surface area contributed by atoms with Crippen LogP contribution < -0.4 is 10.6 Å². The maximum atomic E-state index is 11.9. The van der Waals surface area contributed by atoms with Crippen molar-refractivity contribution in [3.8, 4) is 0 Å². The van der Waals surface area contributed by atoms with E-state index in [1.807, 2.05) is 19.1 Å². The zero-order valence-corrected chi connectivity index (χ0v) is 17.0. The monoisotopic (exact) mass is 445 g/mol. The summed E-state index contributed by atoms with van der Waals surface area (Å²) in [5.41, 5.74) is 1.07. The lowest BCUT2D eigenvalue weighted by Crippen LogP contribution is -2.46. The van der Waals surface area contributed by atoms with Crippen molar-refractivity contribution in [2.24, 2.45) is 10.9 Å². The van der Waals surface area contributed by atoms with Gasteiger partial charge in [-0.3, -0.25) is 9.79 Å². The van der Waals surface area contributed by atoms with E-state index in [9.17, 15) is 4.79 Å². The van der Waals surface area contributed by atoms with Gasteiger partial charge >= 0.3 is 0 Å². The molecule has 0 spiro atoms. The van der Waals surface area contributed by atoms with Crippen molar-refractivity contribution in [2.75, 3.05) is 32.0 Å². The molecule has 1 amide bonds. The Morgan fingerprint density at radius 1 is 1.38 bits per heavy atom. The minimum absolute atomic E-state index is 0. The molecule has 1 aromatic heterocycles. The summed E-state index contributed by atoms with van der Waals surface area (Å²) < 4.78 is 0. The fraction of sp³-hybridized carbons (Fsp3) is 0.588. The van der Waals surface area contributed by atoms with Crippen molar-refractivity contribution in [2.45, 2.75) is 33.1 Å². The first-order chi connectivity index (χ1) is 11.1. The average molecular weight is 445 g/mol. The highest BCUT2D eigenvalue weighted by molar-refractivity contribution is 14.0. The van der Waals surface area contributed by atoms with Gasteiger partial charge < -0.3 is 15.5 Å². The second-order valence-corrected chi connectivity index (χ2v) is 6.16. The Labute approximate surface area is 161 Å². The Morgan fingerprint density at radius 2 is 2.08 bits per heavy atom. The molecule has 24 heavy (non-hydrogen) atoms. The smallest absolute Gasteiger partial charge is 0.227 e. The standard InChI is InChI=1S/C17H27N5O.HI/c1-13-7-10-22(11-8-13)17(18-3)19-9-6-16(23)21-15-5-4-14(2)12-20-15;/h4-5,12-13H,6-11H2,1-3H3,(H,18,19)(H,20,21,23);1H. The van der Waals surface area contributed by atoms with Crippen LogP contribution in [0.1, 0.15) is 31.7 Å². The molecule has 1 saturated heterocycles. The van der Waals surface area contributed by atoms with Crippen molar-refractivity contribution in [1.82, 2.24) is 15.2 Å². The van der Waals surface area contributed by atoms with Gasteiger partial charge in [-0.25, -0.2) is 4.98 Å². The molecule has 6 nitrogen and oxygen atoms in total. The maximum absolute atomic E-state index is 11.9. The molecule has 1 fully saturated rings. The molecule has 0 atom stereocenters. The fourth-order valence-corrected chi connectivity index (χ4v) is 2.59. The summed E-state index contributed by atoms with van der Waals surface area (Å²) in [5, 5.41) is 6.08. The third-order valence-corrected chi connectivity index (χ3v) is 4.11. The molecular weight excluding hydrogens is 417 g/mol. The second-order valence-electron chi connectivity index (χ2n) is 6.16. The van der Waals surface area contributed by atoms with Crippen LogP contribution in [0, 0.1) is 12.8 Å². The van der Waals surface area contributed by atoms with Crippen LogP contribution in [0.15, 0.2) is 23.3 Å². The van der Waals surface area contributed by atoms with Gasteiger partial charge in [0, 0.05) is 39.3 Å². The van der Waals surface area contributed by atoms with Crippen LogP contribution >= 0.6 is 24.0 Å². The highest BCUT2D eigenvalue weighted by atomic mass is 127. The number of nitrogens with one attached hydrogen (secondary N) is 2. The number of carbonyl (C=O) groups excluding carboxylic acids is 1. The molecule has 2 heterocycles. The zero-order valence-electron chi connectivity index (χ0n) is 14.7. The number of anilines is 1. The van der Waals surface area contributed by atoms with E-state index < -0.39 is 0 Å². The number of hydrogen-bond acceptors (Lipinski definition) is 3. The van der Waals surface area contributed by atoms with Crippen molar-refractivity contribution in [3.05, 3.63) is 23.9 Å². The van der Waals surface area contributed by atoms with Crippen molar-refractivity contribution in [3.63, 3.8) is 0 Å². The first-order valence-electron chi connectivity index (χ1n) is 8.26. The summed E-state index contributed by atoms with van der Waals surface area (Å²) in [6, 6.07) is 3.74. The Bertz CT molecular complexity index is 538.